The van der Waals surface area contributed by atoms with Gasteiger partial charge in [-0.15, -0.1) is 0 Å². The topological polar surface area (TPSA) is 30.9 Å². The first-order valence-corrected chi connectivity index (χ1v) is 8.66. The molecule has 120 valence electrons. The van der Waals surface area contributed by atoms with Gasteiger partial charge in [-0.05, 0) is 51.0 Å². The fourth-order valence-electron chi connectivity index (χ4n) is 3.45. The third-order valence-electron chi connectivity index (χ3n) is 4.81. The third kappa shape index (κ3) is 4.97. The van der Waals surface area contributed by atoms with E-state index in [0.717, 1.165) is 58.5 Å². The summed E-state index contributed by atoms with van der Waals surface area (Å²) in [7, 11) is 0. The van der Waals surface area contributed by atoms with Gasteiger partial charge in [0.1, 0.15) is 6.10 Å². The molecule has 2 saturated heterocycles. The monoisotopic (exact) mass is 295 g/mol. The minimum absolute atomic E-state index is 0.346. The van der Waals surface area contributed by atoms with Crippen molar-refractivity contribution in [3.05, 3.63) is 12.3 Å². The molecule has 0 aromatic heterocycles. The molecule has 0 amide bonds. The van der Waals surface area contributed by atoms with Gasteiger partial charge in [0.15, 0.2) is 0 Å². The van der Waals surface area contributed by atoms with E-state index in [1.807, 2.05) is 6.26 Å². The number of hydrogen-bond donors (Lipinski definition) is 0. The second kappa shape index (κ2) is 8.16. The Balaban J connectivity index is 1.30. The summed E-state index contributed by atoms with van der Waals surface area (Å²) in [6.07, 6.45) is 13.4. The van der Waals surface area contributed by atoms with Crippen LogP contribution < -0.4 is 0 Å². The lowest BCUT2D eigenvalue weighted by Gasteiger charge is -2.35. The molecule has 0 bridgehead atoms. The van der Waals surface area contributed by atoms with Gasteiger partial charge in [0.25, 0.3) is 0 Å². The fourth-order valence-corrected chi connectivity index (χ4v) is 3.45. The summed E-state index contributed by atoms with van der Waals surface area (Å²) in [5.74, 6) is 0. The highest BCUT2D eigenvalue weighted by Gasteiger charge is 2.24. The Morgan fingerprint density at radius 3 is 2.67 bits per heavy atom. The van der Waals surface area contributed by atoms with Crippen LogP contribution in [0.4, 0.5) is 0 Å². The second-order valence-electron chi connectivity index (χ2n) is 6.53. The summed E-state index contributed by atoms with van der Waals surface area (Å²) in [4.78, 5) is 2.53. The summed E-state index contributed by atoms with van der Waals surface area (Å²) < 4.78 is 17.5. The zero-order valence-corrected chi connectivity index (χ0v) is 13.0. The fraction of sp³-hybridized carbons (Fsp3) is 0.882. The molecule has 0 saturated carbocycles. The summed E-state index contributed by atoms with van der Waals surface area (Å²) in [5.41, 5.74) is 0. The average Bonchev–Trinajstić information content (AvgIpc) is 2.56. The first-order chi connectivity index (χ1) is 10.4. The molecule has 0 aromatic carbocycles. The molecule has 2 fully saturated rings. The van der Waals surface area contributed by atoms with Gasteiger partial charge >= 0.3 is 0 Å². The molecule has 2 atom stereocenters. The van der Waals surface area contributed by atoms with Gasteiger partial charge in [-0.1, -0.05) is 0 Å². The Kier molecular flexibility index (Phi) is 5.95. The lowest BCUT2D eigenvalue weighted by Crippen LogP contribution is -2.42. The normalized spacial score (nSPS) is 32.0. The zero-order chi connectivity index (χ0) is 14.3. The Morgan fingerprint density at radius 2 is 1.95 bits per heavy atom. The standard InChI is InChI=1S/C17H29NO3/c1-3-11-19-16(5-1)13-18-9-7-15(8-10-18)21-14-17-6-2-4-12-20-17/h3,11,15-17H,1-2,4-10,12-14H2. The maximum atomic E-state index is 6.07. The molecule has 0 radical (unpaired) electrons. The van der Waals surface area contributed by atoms with Crippen molar-refractivity contribution in [3.63, 3.8) is 0 Å². The zero-order valence-electron chi connectivity index (χ0n) is 13.0. The molecule has 3 aliphatic rings. The van der Waals surface area contributed by atoms with E-state index in [4.69, 9.17) is 14.2 Å². The molecule has 4 nitrogen and oxygen atoms in total. The number of ether oxygens (including phenoxy) is 3. The van der Waals surface area contributed by atoms with Crippen molar-refractivity contribution in [1.29, 1.82) is 0 Å². The van der Waals surface area contributed by atoms with Crippen molar-refractivity contribution in [2.45, 2.75) is 63.3 Å². The van der Waals surface area contributed by atoms with E-state index in [0.29, 0.717) is 18.3 Å². The van der Waals surface area contributed by atoms with Crippen LogP contribution in [0, 0.1) is 0 Å². The van der Waals surface area contributed by atoms with Crippen LogP contribution in [-0.2, 0) is 14.2 Å². The number of rotatable bonds is 5. The van der Waals surface area contributed by atoms with E-state index in [1.165, 1.54) is 19.3 Å². The molecule has 0 aromatic rings. The number of hydrogen-bond acceptors (Lipinski definition) is 4. The molecule has 2 unspecified atom stereocenters. The van der Waals surface area contributed by atoms with E-state index >= 15 is 0 Å². The Bertz CT molecular complexity index is 320. The first kappa shape index (κ1) is 15.3. The number of nitrogens with zero attached hydrogens (tertiary/aromatic N) is 1. The number of likely N-dealkylation sites (tertiary alicyclic amines) is 1. The Hall–Kier alpha value is -0.580. The maximum absolute atomic E-state index is 6.07. The highest BCUT2D eigenvalue weighted by molar-refractivity contribution is 4.84. The summed E-state index contributed by atoms with van der Waals surface area (Å²) in [6.45, 7) is 5.06. The minimum atomic E-state index is 0.346. The average molecular weight is 295 g/mol. The van der Waals surface area contributed by atoms with Gasteiger partial charge in [0, 0.05) is 26.2 Å². The van der Waals surface area contributed by atoms with E-state index < -0.39 is 0 Å². The van der Waals surface area contributed by atoms with Crippen LogP contribution in [0.2, 0.25) is 0 Å². The van der Waals surface area contributed by atoms with Gasteiger partial charge in [0.05, 0.1) is 25.1 Å². The third-order valence-corrected chi connectivity index (χ3v) is 4.81. The van der Waals surface area contributed by atoms with E-state index in [1.54, 1.807) is 0 Å². The van der Waals surface area contributed by atoms with Gasteiger partial charge in [-0.3, -0.25) is 4.90 Å². The van der Waals surface area contributed by atoms with Crippen LogP contribution in [0.5, 0.6) is 0 Å². The summed E-state index contributed by atoms with van der Waals surface area (Å²) in [6, 6.07) is 0. The Morgan fingerprint density at radius 1 is 1.05 bits per heavy atom. The number of piperidine rings is 1. The van der Waals surface area contributed by atoms with Crippen LogP contribution in [0.15, 0.2) is 12.3 Å². The lowest BCUT2D eigenvalue weighted by molar-refractivity contribution is -0.0767. The van der Waals surface area contributed by atoms with Crippen LogP contribution >= 0.6 is 0 Å². The molecular formula is C17H29NO3. The van der Waals surface area contributed by atoms with Gasteiger partial charge in [0.2, 0.25) is 0 Å². The summed E-state index contributed by atoms with van der Waals surface area (Å²) in [5, 5.41) is 0. The van der Waals surface area contributed by atoms with E-state index in [-0.39, 0.29) is 0 Å². The number of allylic oxidation sites excluding steroid dienone is 1. The minimum Gasteiger partial charge on any atom is -0.497 e. The van der Waals surface area contributed by atoms with Gasteiger partial charge < -0.3 is 14.2 Å². The molecule has 3 heterocycles. The predicted octanol–water partition coefficient (Wildman–Crippen LogP) is 2.73. The maximum Gasteiger partial charge on any atom is 0.111 e. The summed E-state index contributed by atoms with van der Waals surface area (Å²) >= 11 is 0. The SMILES string of the molecule is C1=COC(CN2CCC(OCC3CCCCO3)CC2)CC1. The largest absolute Gasteiger partial charge is 0.497 e. The highest BCUT2D eigenvalue weighted by atomic mass is 16.5. The molecule has 3 aliphatic heterocycles. The van der Waals surface area contributed by atoms with E-state index in [2.05, 4.69) is 11.0 Å². The van der Waals surface area contributed by atoms with Gasteiger partial charge in [-0.25, -0.2) is 0 Å². The Labute approximate surface area is 128 Å². The highest BCUT2D eigenvalue weighted by Crippen LogP contribution is 2.19. The molecule has 0 aliphatic carbocycles. The predicted molar refractivity (Wildman–Crippen MR) is 82.3 cm³/mol. The van der Waals surface area contributed by atoms with Crippen LogP contribution in [0.3, 0.4) is 0 Å². The van der Waals surface area contributed by atoms with Crippen molar-refractivity contribution < 1.29 is 14.2 Å². The second-order valence-corrected chi connectivity index (χ2v) is 6.53. The smallest absolute Gasteiger partial charge is 0.111 e. The van der Waals surface area contributed by atoms with Crippen LogP contribution in [-0.4, -0.2) is 56.1 Å². The quantitative estimate of drug-likeness (QED) is 0.780. The molecule has 21 heavy (non-hydrogen) atoms. The van der Waals surface area contributed by atoms with Crippen molar-refractivity contribution in [1.82, 2.24) is 4.90 Å². The molecular weight excluding hydrogens is 266 g/mol. The van der Waals surface area contributed by atoms with E-state index in [9.17, 15) is 0 Å². The van der Waals surface area contributed by atoms with Crippen molar-refractivity contribution in [3.8, 4) is 0 Å². The molecule has 0 spiro atoms. The first-order valence-electron chi connectivity index (χ1n) is 8.66. The lowest BCUT2D eigenvalue weighted by atomic mass is 10.1. The molecule has 3 rings (SSSR count). The van der Waals surface area contributed by atoms with Crippen molar-refractivity contribution in [2.24, 2.45) is 0 Å². The van der Waals surface area contributed by atoms with Crippen LogP contribution in [0.25, 0.3) is 0 Å². The van der Waals surface area contributed by atoms with Crippen molar-refractivity contribution in [2.75, 3.05) is 32.8 Å². The van der Waals surface area contributed by atoms with Crippen LogP contribution in [0.1, 0.15) is 44.9 Å². The molecule has 0 N–H and O–H groups in total. The van der Waals surface area contributed by atoms with Crippen molar-refractivity contribution >= 4 is 0 Å². The van der Waals surface area contributed by atoms with Gasteiger partial charge in [-0.2, -0.15) is 0 Å². The molecule has 4 heteroatoms.